The zero-order valence-corrected chi connectivity index (χ0v) is 16.5. The van der Waals surface area contributed by atoms with Gasteiger partial charge in [0.25, 0.3) is 5.91 Å². The minimum absolute atomic E-state index is 0.178. The predicted molar refractivity (Wildman–Crippen MR) is 101 cm³/mol. The van der Waals surface area contributed by atoms with E-state index in [4.69, 9.17) is 0 Å². The molecule has 1 radical (unpaired) electrons. The first-order chi connectivity index (χ1) is 11.0. The van der Waals surface area contributed by atoms with Gasteiger partial charge in [-0.3, -0.25) is 4.79 Å². The lowest BCUT2D eigenvalue weighted by atomic mass is 9.78. The first-order valence-corrected chi connectivity index (χ1v) is 9.08. The number of carbonyl (C=O) groups is 1. The number of amides is 1. The zero-order valence-electron chi connectivity index (χ0n) is 16.5. The second-order valence-electron chi connectivity index (χ2n) is 8.67. The number of benzene rings is 1. The molecule has 0 heterocycles. The number of aromatic hydroxyl groups is 1. The van der Waals surface area contributed by atoms with Crippen molar-refractivity contribution < 1.29 is 9.90 Å². The fourth-order valence-electron chi connectivity index (χ4n) is 2.71. The van der Waals surface area contributed by atoms with E-state index in [9.17, 15) is 9.90 Å². The molecule has 0 unspecified atom stereocenters. The van der Waals surface area contributed by atoms with Gasteiger partial charge in [0.1, 0.15) is 5.75 Å². The Morgan fingerprint density at radius 2 is 1.46 bits per heavy atom. The summed E-state index contributed by atoms with van der Waals surface area (Å²) in [5, 5.41) is 14.9. The van der Waals surface area contributed by atoms with Gasteiger partial charge in [-0.15, -0.1) is 0 Å². The van der Waals surface area contributed by atoms with E-state index in [0.29, 0.717) is 17.9 Å². The topological polar surface area (TPSA) is 51.4 Å². The fraction of sp³-hybridized carbons (Fsp3) is 0.667. The number of hydrogen-bond donors (Lipinski definition) is 1. The van der Waals surface area contributed by atoms with Crippen LogP contribution in [-0.2, 0) is 10.8 Å². The van der Waals surface area contributed by atoms with Gasteiger partial charge in [-0.25, -0.2) is 5.32 Å². The molecule has 0 spiro atoms. The summed E-state index contributed by atoms with van der Waals surface area (Å²) in [5.41, 5.74) is 1.72. The van der Waals surface area contributed by atoms with Crippen LogP contribution in [0.1, 0.15) is 95.6 Å². The van der Waals surface area contributed by atoms with Gasteiger partial charge in [0.15, 0.2) is 0 Å². The van der Waals surface area contributed by atoms with Crippen LogP contribution in [0, 0.1) is 0 Å². The quantitative estimate of drug-likeness (QED) is 0.717. The van der Waals surface area contributed by atoms with Gasteiger partial charge in [-0.05, 0) is 29.4 Å². The Labute approximate surface area is 147 Å². The van der Waals surface area contributed by atoms with Gasteiger partial charge in [0.2, 0.25) is 0 Å². The fourth-order valence-corrected chi connectivity index (χ4v) is 2.71. The molecule has 3 heteroatoms. The van der Waals surface area contributed by atoms with E-state index in [1.807, 2.05) is 53.7 Å². The Bertz CT molecular complexity index is 527. The molecular weight excluding hydrogens is 298 g/mol. The van der Waals surface area contributed by atoms with Crippen molar-refractivity contribution in [3.8, 4) is 5.75 Å². The standard InChI is InChI=1S/C21H34NO2/c1-8-9-10-11-12-22-19(24)15-13-16(20(2,3)4)18(23)17(14-15)21(5,6)7/h13-14,23H,8-12H2,1-7H3. The molecule has 0 saturated carbocycles. The summed E-state index contributed by atoms with van der Waals surface area (Å²) in [6.07, 6.45) is 4.43. The van der Waals surface area contributed by atoms with Gasteiger partial charge < -0.3 is 5.11 Å². The molecule has 1 rings (SSSR count). The van der Waals surface area contributed by atoms with Crippen LogP contribution in [0.25, 0.3) is 0 Å². The van der Waals surface area contributed by atoms with E-state index in [1.54, 1.807) is 0 Å². The molecule has 1 aromatic rings. The largest absolute Gasteiger partial charge is 0.507 e. The highest BCUT2D eigenvalue weighted by Crippen LogP contribution is 2.39. The second kappa shape index (κ2) is 8.04. The van der Waals surface area contributed by atoms with Gasteiger partial charge in [0, 0.05) is 23.2 Å². The van der Waals surface area contributed by atoms with Crippen molar-refractivity contribution in [1.82, 2.24) is 5.32 Å². The third-order valence-corrected chi connectivity index (χ3v) is 4.24. The van der Waals surface area contributed by atoms with Gasteiger partial charge in [-0.2, -0.15) is 0 Å². The molecule has 0 saturated heterocycles. The minimum atomic E-state index is -0.235. The molecular formula is C21H34NO2. The number of phenols is 1. The molecule has 1 N–H and O–H groups in total. The zero-order chi connectivity index (χ0) is 18.5. The molecule has 1 aromatic carbocycles. The Morgan fingerprint density at radius 1 is 0.958 bits per heavy atom. The summed E-state index contributed by atoms with van der Waals surface area (Å²) >= 11 is 0. The number of hydrogen-bond acceptors (Lipinski definition) is 2. The smallest absolute Gasteiger partial charge is 0.272 e. The Hall–Kier alpha value is -1.51. The van der Waals surface area contributed by atoms with Crippen molar-refractivity contribution in [1.29, 1.82) is 0 Å². The van der Waals surface area contributed by atoms with Gasteiger partial charge >= 0.3 is 0 Å². The molecule has 0 aliphatic heterocycles. The number of phenolic OH excluding ortho intramolecular Hbond substituents is 1. The van der Waals surface area contributed by atoms with Crippen LogP contribution in [0.3, 0.4) is 0 Å². The predicted octanol–water partition coefficient (Wildman–Crippen LogP) is 5.31. The van der Waals surface area contributed by atoms with Crippen molar-refractivity contribution in [2.75, 3.05) is 6.54 Å². The summed E-state index contributed by atoms with van der Waals surface area (Å²) in [7, 11) is 0. The molecule has 135 valence electrons. The van der Waals surface area contributed by atoms with Crippen LogP contribution >= 0.6 is 0 Å². The number of rotatable bonds is 6. The molecule has 24 heavy (non-hydrogen) atoms. The highest BCUT2D eigenvalue weighted by Gasteiger charge is 2.27. The van der Waals surface area contributed by atoms with Gasteiger partial charge in [-0.1, -0.05) is 67.7 Å². The lowest BCUT2D eigenvalue weighted by Gasteiger charge is -2.28. The highest BCUT2D eigenvalue weighted by molar-refractivity contribution is 5.94. The molecule has 0 aliphatic carbocycles. The van der Waals surface area contributed by atoms with Crippen molar-refractivity contribution in [2.24, 2.45) is 0 Å². The van der Waals surface area contributed by atoms with E-state index < -0.39 is 0 Å². The summed E-state index contributed by atoms with van der Waals surface area (Å²) < 4.78 is 0. The second-order valence-corrected chi connectivity index (χ2v) is 8.67. The van der Waals surface area contributed by atoms with E-state index in [2.05, 4.69) is 12.2 Å². The molecule has 0 fully saturated rings. The van der Waals surface area contributed by atoms with E-state index in [-0.39, 0.29) is 16.7 Å². The first-order valence-electron chi connectivity index (χ1n) is 9.08. The summed E-state index contributed by atoms with van der Waals surface area (Å²) in [6.45, 7) is 15.0. The van der Waals surface area contributed by atoms with E-state index in [1.165, 1.54) is 12.8 Å². The van der Waals surface area contributed by atoms with Gasteiger partial charge in [0.05, 0.1) is 0 Å². The van der Waals surface area contributed by atoms with E-state index >= 15 is 0 Å². The maximum Gasteiger partial charge on any atom is 0.272 e. The summed E-state index contributed by atoms with van der Waals surface area (Å²) in [4.78, 5) is 12.5. The van der Waals surface area contributed by atoms with Crippen molar-refractivity contribution in [2.45, 2.75) is 85.0 Å². The maximum atomic E-state index is 12.5. The van der Waals surface area contributed by atoms with Crippen LogP contribution in [0.15, 0.2) is 12.1 Å². The third kappa shape index (κ3) is 5.54. The minimum Gasteiger partial charge on any atom is -0.507 e. The molecule has 0 atom stereocenters. The molecule has 3 nitrogen and oxygen atoms in total. The Kier molecular flexibility index (Phi) is 6.88. The molecule has 0 aromatic heterocycles. The van der Waals surface area contributed by atoms with Crippen molar-refractivity contribution in [3.05, 3.63) is 28.8 Å². The normalized spacial score (nSPS) is 12.3. The summed E-state index contributed by atoms with van der Waals surface area (Å²) in [6, 6.07) is 3.62. The average molecular weight is 333 g/mol. The lowest BCUT2D eigenvalue weighted by molar-refractivity contribution is 0.0948. The lowest BCUT2D eigenvalue weighted by Crippen LogP contribution is -2.22. The SMILES string of the molecule is CCCCCC[N]C(=O)c1cc(C(C)(C)C)c(O)c(C(C)(C)C)c1. The Morgan fingerprint density at radius 3 is 1.88 bits per heavy atom. The van der Waals surface area contributed by atoms with Crippen LogP contribution in [-0.4, -0.2) is 17.6 Å². The van der Waals surface area contributed by atoms with Crippen LogP contribution in [0.4, 0.5) is 0 Å². The molecule has 0 bridgehead atoms. The van der Waals surface area contributed by atoms with E-state index in [0.717, 1.165) is 24.0 Å². The third-order valence-electron chi connectivity index (χ3n) is 4.24. The monoisotopic (exact) mass is 332 g/mol. The number of unbranched alkanes of at least 4 members (excludes halogenated alkanes) is 3. The highest BCUT2D eigenvalue weighted by atomic mass is 16.3. The summed E-state index contributed by atoms with van der Waals surface area (Å²) in [5.74, 6) is 0.122. The van der Waals surface area contributed by atoms with Crippen LogP contribution < -0.4 is 5.32 Å². The first kappa shape index (κ1) is 20.5. The van der Waals surface area contributed by atoms with Crippen LogP contribution in [0.2, 0.25) is 0 Å². The molecule has 0 aliphatic rings. The maximum absolute atomic E-state index is 12.5. The van der Waals surface area contributed by atoms with Crippen LogP contribution in [0.5, 0.6) is 5.75 Å². The van der Waals surface area contributed by atoms with Crippen molar-refractivity contribution >= 4 is 5.91 Å². The molecule has 1 amide bonds. The van der Waals surface area contributed by atoms with Crippen molar-refractivity contribution in [3.63, 3.8) is 0 Å². The number of carbonyl (C=O) groups excluding carboxylic acids is 1. The number of nitrogens with zero attached hydrogens (tertiary/aromatic N) is 1. The average Bonchev–Trinajstić information content (AvgIpc) is 2.44. The Balaban J connectivity index is 3.08.